The van der Waals surface area contributed by atoms with Crippen LogP contribution in [0.3, 0.4) is 0 Å². The smallest absolute Gasteiger partial charge is 0.0195 e. The van der Waals surface area contributed by atoms with Crippen LogP contribution in [0.25, 0.3) is 0 Å². The molecule has 3 heteroatoms. The Hall–Kier alpha value is -0.380. The molecule has 0 bridgehead atoms. The second-order valence-electron chi connectivity index (χ2n) is 5.56. The largest absolute Gasteiger partial charge is 0.313 e. The van der Waals surface area contributed by atoms with Gasteiger partial charge < -0.3 is 5.32 Å². The number of hydrogen-bond acceptors (Lipinski definition) is 3. The Morgan fingerprint density at radius 2 is 2.33 bits per heavy atom. The summed E-state index contributed by atoms with van der Waals surface area (Å²) in [5.41, 5.74) is 0. The summed E-state index contributed by atoms with van der Waals surface area (Å²) in [5.74, 6) is 0. The molecule has 0 saturated carbocycles. The molecule has 1 aliphatic heterocycles. The number of thiophene rings is 1. The molecule has 2 heterocycles. The van der Waals surface area contributed by atoms with E-state index < -0.39 is 0 Å². The van der Waals surface area contributed by atoms with Gasteiger partial charge in [-0.1, -0.05) is 12.5 Å². The molecule has 0 spiro atoms. The first-order valence-electron chi connectivity index (χ1n) is 7.25. The van der Waals surface area contributed by atoms with Crippen molar-refractivity contribution in [1.29, 1.82) is 0 Å². The molecule has 0 radical (unpaired) electrons. The molecule has 1 aliphatic rings. The zero-order valence-electron chi connectivity index (χ0n) is 11.7. The van der Waals surface area contributed by atoms with E-state index in [4.69, 9.17) is 0 Å². The zero-order chi connectivity index (χ0) is 12.8. The third-order valence-electron chi connectivity index (χ3n) is 3.82. The van der Waals surface area contributed by atoms with Crippen LogP contribution in [0, 0.1) is 0 Å². The SMILES string of the molecule is CC(C)N(CCc1cccs1)CC1CCCCN1. The van der Waals surface area contributed by atoms with Crippen molar-refractivity contribution in [2.75, 3.05) is 19.6 Å². The maximum absolute atomic E-state index is 3.66. The van der Waals surface area contributed by atoms with Crippen molar-refractivity contribution in [3.63, 3.8) is 0 Å². The van der Waals surface area contributed by atoms with Gasteiger partial charge in [0, 0.05) is 30.1 Å². The van der Waals surface area contributed by atoms with Crippen LogP contribution in [0.15, 0.2) is 17.5 Å². The van der Waals surface area contributed by atoms with Gasteiger partial charge in [-0.3, -0.25) is 4.90 Å². The molecule has 0 aliphatic carbocycles. The van der Waals surface area contributed by atoms with Gasteiger partial charge in [0.2, 0.25) is 0 Å². The summed E-state index contributed by atoms with van der Waals surface area (Å²) in [6, 6.07) is 5.77. The number of hydrogen-bond donors (Lipinski definition) is 1. The van der Waals surface area contributed by atoms with Gasteiger partial charge in [0.15, 0.2) is 0 Å². The van der Waals surface area contributed by atoms with Crippen molar-refractivity contribution in [1.82, 2.24) is 10.2 Å². The Kier molecular flexibility index (Phi) is 5.67. The highest BCUT2D eigenvalue weighted by Gasteiger charge is 2.18. The van der Waals surface area contributed by atoms with Crippen LogP contribution >= 0.6 is 11.3 Å². The van der Waals surface area contributed by atoms with Gasteiger partial charge >= 0.3 is 0 Å². The van der Waals surface area contributed by atoms with Crippen molar-refractivity contribution in [3.05, 3.63) is 22.4 Å². The number of nitrogens with zero attached hydrogens (tertiary/aromatic N) is 1. The van der Waals surface area contributed by atoms with Crippen LogP contribution in [0.4, 0.5) is 0 Å². The van der Waals surface area contributed by atoms with E-state index in [-0.39, 0.29) is 0 Å². The highest BCUT2D eigenvalue weighted by molar-refractivity contribution is 7.09. The highest BCUT2D eigenvalue weighted by Crippen LogP contribution is 2.13. The lowest BCUT2D eigenvalue weighted by molar-refractivity contribution is 0.187. The van der Waals surface area contributed by atoms with Gasteiger partial charge in [0.1, 0.15) is 0 Å². The number of nitrogens with one attached hydrogen (secondary N) is 1. The van der Waals surface area contributed by atoms with E-state index in [1.54, 1.807) is 0 Å². The Morgan fingerprint density at radius 1 is 1.44 bits per heavy atom. The standard InChI is InChI=1S/C15H26N2S/c1-13(2)17(10-8-15-7-5-11-18-15)12-14-6-3-4-9-16-14/h5,7,11,13-14,16H,3-4,6,8-10,12H2,1-2H3. The minimum Gasteiger partial charge on any atom is -0.313 e. The second kappa shape index (κ2) is 7.27. The van der Waals surface area contributed by atoms with E-state index in [9.17, 15) is 0 Å². The molecule has 1 fully saturated rings. The maximum atomic E-state index is 3.66. The highest BCUT2D eigenvalue weighted by atomic mass is 32.1. The fourth-order valence-electron chi connectivity index (χ4n) is 2.63. The minimum absolute atomic E-state index is 0.647. The molecule has 0 amide bonds. The van der Waals surface area contributed by atoms with Crippen molar-refractivity contribution in [2.45, 2.75) is 51.6 Å². The minimum atomic E-state index is 0.647. The predicted octanol–water partition coefficient (Wildman–Crippen LogP) is 3.14. The quantitative estimate of drug-likeness (QED) is 0.851. The van der Waals surface area contributed by atoms with E-state index in [1.165, 1.54) is 50.2 Å². The molecule has 2 rings (SSSR count). The Labute approximate surface area is 115 Å². The van der Waals surface area contributed by atoms with Crippen LogP contribution < -0.4 is 5.32 Å². The lowest BCUT2D eigenvalue weighted by Gasteiger charge is -2.33. The molecule has 0 aromatic carbocycles. The first kappa shape index (κ1) is 14.0. The van der Waals surface area contributed by atoms with Crippen LogP contribution in [-0.2, 0) is 6.42 Å². The van der Waals surface area contributed by atoms with Gasteiger partial charge in [-0.15, -0.1) is 11.3 Å². The molecule has 2 nitrogen and oxygen atoms in total. The van der Waals surface area contributed by atoms with Gasteiger partial charge in [-0.05, 0) is 51.1 Å². The van der Waals surface area contributed by atoms with E-state index >= 15 is 0 Å². The van der Waals surface area contributed by atoms with Crippen molar-refractivity contribution in [3.8, 4) is 0 Å². The van der Waals surface area contributed by atoms with Crippen molar-refractivity contribution >= 4 is 11.3 Å². The van der Waals surface area contributed by atoms with Gasteiger partial charge in [0.25, 0.3) is 0 Å². The molecular formula is C15H26N2S. The van der Waals surface area contributed by atoms with Gasteiger partial charge in [-0.2, -0.15) is 0 Å². The van der Waals surface area contributed by atoms with Crippen molar-refractivity contribution in [2.24, 2.45) is 0 Å². The van der Waals surface area contributed by atoms with Gasteiger partial charge in [-0.25, -0.2) is 0 Å². The zero-order valence-corrected chi connectivity index (χ0v) is 12.5. The summed E-state index contributed by atoms with van der Waals surface area (Å²) in [4.78, 5) is 4.14. The third-order valence-corrected chi connectivity index (χ3v) is 4.76. The van der Waals surface area contributed by atoms with Crippen LogP contribution in [0.1, 0.15) is 38.0 Å². The Bertz CT molecular complexity index is 315. The average Bonchev–Trinajstić information content (AvgIpc) is 2.88. The van der Waals surface area contributed by atoms with Crippen LogP contribution in [0.2, 0.25) is 0 Å². The second-order valence-corrected chi connectivity index (χ2v) is 6.60. The summed E-state index contributed by atoms with van der Waals surface area (Å²) in [6.07, 6.45) is 5.30. The maximum Gasteiger partial charge on any atom is 0.0195 e. The van der Waals surface area contributed by atoms with Crippen LogP contribution in [0.5, 0.6) is 0 Å². The fraction of sp³-hybridized carbons (Fsp3) is 0.733. The monoisotopic (exact) mass is 266 g/mol. The molecule has 1 unspecified atom stereocenters. The number of piperidine rings is 1. The van der Waals surface area contributed by atoms with Gasteiger partial charge in [0.05, 0.1) is 0 Å². The summed E-state index contributed by atoms with van der Waals surface area (Å²) in [6.45, 7) is 8.25. The Balaban J connectivity index is 1.79. The molecule has 1 aromatic heterocycles. The molecule has 102 valence electrons. The summed E-state index contributed by atoms with van der Waals surface area (Å²) in [5, 5.41) is 5.84. The molecule has 1 atom stereocenters. The van der Waals surface area contributed by atoms with E-state index in [1.807, 2.05) is 11.3 Å². The Morgan fingerprint density at radius 3 is 2.94 bits per heavy atom. The first-order chi connectivity index (χ1) is 8.75. The lowest BCUT2D eigenvalue weighted by Crippen LogP contribution is -2.46. The van der Waals surface area contributed by atoms with Crippen LogP contribution in [-0.4, -0.2) is 36.6 Å². The summed E-state index contributed by atoms with van der Waals surface area (Å²) < 4.78 is 0. The average molecular weight is 266 g/mol. The van der Waals surface area contributed by atoms with E-state index in [0.717, 1.165) is 0 Å². The summed E-state index contributed by atoms with van der Waals surface area (Å²) in [7, 11) is 0. The number of rotatable bonds is 6. The third kappa shape index (κ3) is 4.38. The fourth-order valence-corrected chi connectivity index (χ4v) is 3.33. The molecule has 1 aromatic rings. The van der Waals surface area contributed by atoms with Crippen molar-refractivity contribution < 1.29 is 0 Å². The molecule has 1 N–H and O–H groups in total. The molecule has 18 heavy (non-hydrogen) atoms. The summed E-state index contributed by atoms with van der Waals surface area (Å²) >= 11 is 1.88. The molecule has 1 saturated heterocycles. The molecular weight excluding hydrogens is 240 g/mol. The lowest BCUT2D eigenvalue weighted by atomic mass is 10.0. The topological polar surface area (TPSA) is 15.3 Å². The normalized spacial score (nSPS) is 20.8. The first-order valence-corrected chi connectivity index (χ1v) is 8.13. The van der Waals surface area contributed by atoms with E-state index in [0.29, 0.717) is 12.1 Å². The predicted molar refractivity (Wildman–Crippen MR) is 80.4 cm³/mol. The van der Waals surface area contributed by atoms with E-state index in [2.05, 4.69) is 41.6 Å².